The van der Waals surface area contributed by atoms with Crippen LogP contribution in [-0.2, 0) is 23.0 Å². The van der Waals surface area contributed by atoms with Crippen molar-refractivity contribution in [3.05, 3.63) is 53.6 Å². The Morgan fingerprint density at radius 3 is 2.83 bits per heavy atom. The van der Waals surface area contributed by atoms with Crippen LogP contribution in [0.15, 0.2) is 41.6 Å². The predicted octanol–water partition coefficient (Wildman–Crippen LogP) is 0.343. The van der Waals surface area contributed by atoms with E-state index in [-0.39, 0.29) is 23.7 Å². The molecular formula is C14H14N4O4S. The Morgan fingerprint density at radius 1 is 1.30 bits per heavy atom. The van der Waals surface area contributed by atoms with Gasteiger partial charge in [-0.05, 0) is 23.8 Å². The monoisotopic (exact) mass is 334 g/mol. The number of pyridine rings is 2. The Morgan fingerprint density at radius 2 is 2.13 bits per heavy atom. The molecular weight excluding hydrogens is 320 g/mol. The van der Waals surface area contributed by atoms with Crippen molar-refractivity contribution in [2.24, 2.45) is 0 Å². The van der Waals surface area contributed by atoms with Crippen molar-refractivity contribution in [1.82, 2.24) is 19.8 Å². The maximum absolute atomic E-state index is 12.6. The van der Waals surface area contributed by atoms with E-state index in [1.807, 2.05) is 0 Å². The van der Waals surface area contributed by atoms with Gasteiger partial charge in [0, 0.05) is 37.6 Å². The highest BCUT2D eigenvalue weighted by atomic mass is 32.2. The van der Waals surface area contributed by atoms with Crippen LogP contribution in [-0.4, -0.2) is 40.4 Å². The fourth-order valence-corrected chi connectivity index (χ4v) is 3.81. The number of nitrogens with zero attached hydrogens (tertiary/aromatic N) is 3. The van der Waals surface area contributed by atoms with Gasteiger partial charge in [-0.25, -0.2) is 18.9 Å². The average molecular weight is 334 g/mol. The zero-order valence-corrected chi connectivity index (χ0v) is 12.8. The van der Waals surface area contributed by atoms with Gasteiger partial charge in [0.25, 0.3) is 5.91 Å². The van der Waals surface area contributed by atoms with Crippen molar-refractivity contribution < 1.29 is 18.4 Å². The van der Waals surface area contributed by atoms with E-state index in [1.165, 1.54) is 34.3 Å². The van der Waals surface area contributed by atoms with Crippen LogP contribution in [0.2, 0.25) is 0 Å². The van der Waals surface area contributed by atoms with Gasteiger partial charge in [0.05, 0.1) is 0 Å². The fourth-order valence-electron chi connectivity index (χ4n) is 2.43. The van der Waals surface area contributed by atoms with Crippen molar-refractivity contribution in [2.45, 2.75) is 17.9 Å². The zero-order valence-electron chi connectivity index (χ0n) is 12.0. The number of aromatic nitrogens is 2. The van der Waals surface area contributed by atoms with E-state index in [9.17, 15) is 13.2 Å². The number of sulfonamides is 1. The molecule has 0 bridgehead atoms. The molecule has 23 heavy (non-hydrogen) atoms. The number of fused-ring (bicyclic) bond motifs is 1. The normalized spacial score (nSPS) is 15.0. The molecule has 9 heteroatoms. The van der Waals surface area contributed by atoms with E-state index in [1.54, 1.807) is 12.1 Å². The first-order chi connectivity index (χ1) is 11.0. The van der Waals surface area contributed by atoms with E-state index in [4.69, 9.17) is 5.21 Å². The summed E-state index contributed by atoms with van der Waals surface area (Å²) < 4.78 is 26.5. The van der Waals surface area contributed by atoms with Crippen LogP contribution in [0, 0.1) is 0 Å². The zero-order chi connectivity index (χ0) is 16.4. The summed E-state index contributed by atoms with van der Waals surface area (Å²) in [5.74, 6) is -0.696. The molecule has 1 amide bonds. The van der Waals surface area contributed by atoms with Crippen LogP contribution in [0.1, 0.15) is 21.7 Å². The van der Waals surface area contributed by atoms with E-state index in [0.29, 0.717) is 12.1 Å². The Kier molecular flexibility index (Phi) is 4.07. The highest BCUT2D eigenvalue weighted by molar-refractivity contribution is 7.89. The molecule has 0 saturated heterocycles. The summed E-state index contributed by atoms with van der Waals surface area (Å²) >= 11 is 0. The highest BCUT2D eigenvalue weighted by Gasteiger charge is 2.29. The molecule has 0 atom stereocenters. The second-order valence-corrected chi connectivity index (χ2v) is 6.96. The molecule has 0 fully saturated rings. The van der Waals surface area contributed by atoms with Crippen molar-refractivity contribution in [3.8, 4) is 0 Å². The molecule has 2 aromatic heterocycles. The topological polar surface area (TPSA) is 112 Å². The van der Waals surface area contributed by atoms with Crippen molar-refractivity contribution in [3.63, 3.8) is 0 Å². The van der Waals surface area contributed by atoms with Gasteiger partial charge in [-0.15, -0.1) is 0 Å². The number of rotatable bonds is 3. The van der Waals surface area contributed by atoms with Gasteiger partial charge in [-0.3, -0.25) is 15.0 Å². The number of hydroxylamine groups is 1. The lowest BCUT2D eigenvalue weighted by atomic mass is 10.1. The van der Waals surface area contributed by atoms with Crippen molar-refractivity contribution >= 4 is 15.9 Å². The summed E-state index contributed by atoms with van der Waals surface area (Å²) in [7, 11) is -3.61. The maximum atomic E-state index is 12.6. The lowest BCUT2D eigenvalue weighted by molar-refractivity contribution is 0.0700. The summed E-state index contributed by atoms with van der Waals surface area (Å²) in [6, 6.07) is 6.18. The van der Waals surface area contributed by atoms with Gasteiger partial charge >= 0.3 is 0 Å². The molecule has 1 aliphatic heterocycles. The van der Waals surface area contributed by atoms with E-state index in [0.717, 1.165) is 5.56 Å². The van der Waals surface area contributed by atoms with Gasteiger partial charge in [-0.1, -0.05) is 6.07 Å². The lowest BCUT2D eigenvalue weighted by Crippen LogP contribution is -2.36. The summed E-state index contributed by atoms with van der Waals surface area (Å²) in [5.41, 5.74) is 3.01. The quantitative estimate of drug-likeness (QED) is 0.618. The maximum Gasteiger partial charge on any atom is 0.293 e. The van der Waals surface area contributed by atoms with Crippen molar-refractivity contribution in [1.29, 1.82) is 0 Å². The summed E-state index contributed by atoms with van der Waals surface area (Å²) in [5, 5.41) is 8.63. The molecule has 0 unspecified atom stereocenters. The third-order valence-electron chi connectivity index (χ3n) is 3.62. The number of hydrogen-bond acceptors (Lipinski definition) is 6. The smallest absolute Gasteiger partial charge is 0.288 e. The lowest BCUT2D eigenvalue weighted by Gasteiger charge is -2.27. The van der Waals surface area contributed by atoms with Gasteiger partial charge in [0.2, 0.25) is 10.0 Å². The van der Waals surface area contributed by atoms with Crippen LogP contribution in [0.25, 0.3) is 0 Å². The SMILES string of the molecule is O=C(NO)c1ccc2c(n1)CCN(S(=O)(=O)c1cccnc1)C2. The Balaban J connectivity index is 1.88. The minimum Gasteiger partial charge on any atom is -0.288 e. The molecule has 3 rings (SSSR count). The first-order valence-electron chi connectivity index (χ1n) is 6.86. The second-order valence-electron chi connectivity index (χ2n) is 5.02. The Hall–Kier alpha value is -2.36. The van der Waals surface area contributed by atoms with E-state index < -0.39 is 15.9 Å². The highest BCUT2D eigenvalue weighted by Crippen LogP contribution is 2.23. The van der Waals surface area contributed by atoms with Gasteiger partial charge in [-0.2, -0.15) is 4.31 Å². The Labute approximate surface area is 132 Å². The molecule has 8 nitrogen and oxygen atoms in total. The number of nitrogens with one attached hydrogen (secondary N) is 1. The summed E-state index contributed by atoms with van der Waals surface area (Å²) in [4.78, 5) is 19.5. The molecule has 0 radical (unpaired) electrons. The summed E-state index contributed by atoms with van der Waals surface area (Å²) in [6.45, 7) is 0.446. The molecule has 1 aliphatic rings. The average Bonchev–Trinajstić information content (AvgIpc) is 2.60. The molecule has 0 aromatic carbocycles. The molecule has 0 spiro atoms. The minimum absolute atomic E-state index is 0.0924. The van der Waals surface area contributed by atoms with Crippen LogP contribution in [0.5, 0.6) is 0 Å². The first kappa shape index (κ1) is 15.5. The molecule has 0 aliphatic carbocycles. The number of amides is 1. The number of carbonyl (C=O) groups is 1. The van der Waals surface area contributed by atoms with Gasteiger partial charge in [0.1, 0.15) is 10.6 Å². The van der Waals surface area contributed by atoms with Crippen LogP contribution in [0.3, 0.4) is 0 Å². The van der Waals surface area contributed by atoms with E-state index in [2.05, 4.69) is 9.97 Å². The summed E-state index contributed by atoms with van der Waals surface area (Å²) in [6.07, 6.45) is 3.22. The van der Waals surface area contributed by atoms with E-state index >= 15 is 0 Å². The first-order valence-corrected chi connectivity index (χ1v) is 8.30. The second kappa shape index (κ2) is 6.03. The predicted molar refractivity (Wildman–Crippen MR) is 79.0 cm³/mol. The molecule has 0 saturated carbocycles. The Bertz CT molecular complexity index is 839. The minimum atomic E-state index is -3.61. The van der Waals surface area contributed by atoms with Crippen LogP contribution < -0.4 is 5.48 Å². The van der Waals surface area contributed by atoms with Crippen LogP contribution in [0.4, 0.5) is 0 Å². The van der Waals surface area contributed by atoms with Crippen LogP contribution >= 0.6 is 0 Å². The molecule has 120 valence electrons. The standard InChI is InChI=1S/C14H14N4O4S/c19-14(17-20)13-4-3-10-9-18(7-5-12(10)16-13)23(21,22)11-2-1-6-15-8-11/h1-4,6,8,20H,5,7,9H2,(H,17,19). The van der Waals surface area contributed by atoms with Crippen molar-refractivity contribution in [2.75, 3.05) is 6.54 Å². The largest absolute Gasteiger partial charge is 0.293 e. The fraction of sp³-hybridized carbons (Fsp3) is 0.214. The number of hydrogen-bond donors (Lipinski definition) is 2. The molecule has 2 aromatic rings. The number of carbonyl (C=O) groups excluding carboxylic acids is 1. The molecule has 3 heterocycles. The molecule has 2 N–H and O–H groups in total. The van der Waals surface area contributed by atoms with Gasteiger partial charge in [0.15, 0.2) is 0 Å². The van der Waals surface area contributed by atoms with Gasteiger partial charge < -0.3 is 0 Å². The third kappa shape index (κ3) is 2.93. The third-order valence-corrected chi connectivity index (χ3v) is 5.45.